The van der Waals surface area contributed by atoms with Crippen LogP contribution in [0.3, 0.4) is 0 Å². The van der Waals surface area contributed by atoms with Gasteiger partial charge in [0.05, 0.1) is 15.5 Å². The molecule has 2 rings (SSSR count). The van der Waals surface area contributed by atoms with E-state index in [1.807, 2.05) is 0 Å². The monoisotopic (exact) mass is 351 g/mol. The summed E-state index contributed by atoms with van der Waals surface area (Å²) < 4.78 is 22.9. The molecule has 5 nitrogen and oxygen atoms in total. The van der Waals surface area contributed by atoms with Gasteiger partial charge in [0.15, 0.2) is 15.6 Å². The molecule has 2 aromatic carbocycles. The van der Waals surface area contributed by atoms with Crippen LogP contribution in [0.5, 0.6) is 0 Å². The normalized spacial score (nSPS) is 11.1. The van der Waals surface area contributed by atoms with Gasteiger partial charge in [0.1, 0.15) is 0 Å². The summed E-state index contributed by atoms with van der Waals surface area (Å²) in [7, 11) is -3.40. The Morgan fingerprint density at radius 2 is 1.78 bits per heavy atom. The highest BCUT2D eigenvalue weighted by atomic mass is 35.5. The second kappa shape index (κ2) is 6.52. The van der Waals surface area contributed by atoms with Crippen LogP contribution < -0.4 is 5.32 Å². The van der Waals surface area contributed by atoms with E-state index in [1.54, 1.807) is 24.3 Å². The van der Waals surface area contributed by atoms with Gasteiger partial charge in [0.25, 0.3) is 5.91 Å². The number of benzene rings is 2. The number of hydrogen-bond acceptors (Lipinski definition) is 4. The number of ketones is 1. The standard InChI is InChI=1S/C16H14ClNO4S/c1-10(19)11-4-3-5-12(8-11)18-16(20)14-7-6-13(9-15(14)17)23(2,21)22/h3-9H,1-2H3,(H,18,20). The number of amides is 1. The van der Waals surface area contributed by atoms with Crippen LogP contribution in [0.2, 0.25) is 5.02 Å². The van der Waals surface area contributed by atoms with Gasteiger partial charge < -0.3 is 5.32 Å². The molecule has 2 aromatic rings. The lowest BCUT2D eigenvalue weighted by molar-refractivity contribution is 0.101. The molecule has 0 aromatic heterocycles. The van der Waals surface area contributed by atoms with Crippen LogP contribution in [-0.4, -0.2) is 26.4 Å². The van der Waals surface area contributed by atoms with Crippen molar-refractivity contribution < 1.29 is 18.0 Å². The predicted molar refractivity (Wildman–Crippen MR) is 89.0 cm³/mol. The second-order valence-corrected chi connectivity index (χ2v) is 7.43. The summed E-state index contributed by atoms with van der Waals surface area (Å²) in [5.41, 5.74) is 1.07. The van der Waals surface area contributed by atoms with Crippen LogP contribution >= 0.6 is 11.6 Å². The predicted octanol–water partition coefficient (Wildman–Crippen LogP) is 3.20. The number of Topliss-reactive ketones (excluding diaryl/α,β-unsaturated/α-hetero) is 1. The molecule has 0 spiro atoms. The van der Waals surface area contributed by atoms with Crippen molar-refractivity contribution in [1.82, 2.24) is 0 Å². The Morgan fingerprint density at radius 3 is 2.35 bits per heavy atom. The van der Waals surface area contributed by atoms with Crippen molar-refractivity contribution in [2.75, 3.05) is 11.6 Å². The topological polar surface area (TPSA) is 80.3 Å². The van der Waals surface area contributed by atoms with Crippen molar-refractivity contribution in [3.63, 3.8) is 0 Å². The maximum atomic E-state index is 12.2. The molecule has 0 saturated carbocycles. The highest BCUT2D eigenvalue weighted by Gasteiger charge is 2.15. The molecule has 0 unspecified atom stereocenters. The van der Waals surface area contributed by atoms with Gasteiger partial charge >= 0.3 is 0 Å². The second-order valence-electron chi connectivity index (χ2n) is 5.00. The lowest BCUT2D eigenvalue weighted by atomic mass is 10.1. The summed E-state index contributed by atoms with van der Waals surface area (Å²) in [6.45, 7) is 1.43. The SMILES string of the molecule is CC(=O)c1cccc(NC(=O)c2ccc(S(C)(=O)=O)cc2Cl)c1. The van der Waals surface area contributed by atoms with Crippen molar-refractivity contribution in [2.24, 2.45) is 0 Å². The molecule has 0 atom stereocenters. The number of carbonyl (C=O) groups excluding carboxylic acids is 2. The van der Waals surface area contributed by atoms with Crippen LogP contribution in [0, 0.1) is 0 Å². The molecule has 0 bridgehead atoms. The average molecular weight is 352 g/mol. The third-order valence-electron chi connectivity index (χ3n) is 3.14. The maximum absolute atomic E-state index is 12.2. The highest BCUT2D eigenvalue weighted by Crippen LogP contribution is 2.22. The molecule has 0 radical (unpaired) electrons. The van der Waals surface area contributed by atoms with Crippen molar-refractivity contribution in [2.45, 2.75) is 11.8 Å². The first-order chi connectivity index (χ1) is 10.7. The lowest BCUT2D eigenvalue weighted by Gasteiger charge is -2.09. The minimum Gasteiger partial charge on any atom is -0.322 e. The molecular formula is C16H14ClNO4S. The van der Waals surface area contributed by atoms with Crippen LogP contribution in [0.1, 0.15) is 27.6 Å². The number of rotatable bonds is 4. The van der Waals surface area contributed by atoms with E-state index in [0.29, 0.717) is 11.3 Å². The molecule has 120 valence electrons. The molecule has 1 amide bonds. The third kappa shape index (κ3) is 4.18. The van der Waals surface area contributed by atoms with Crippen molar-refractivity contribution in [3.05, 3.63) is 58.6 Å². The van der Waals surface area contributed by atoms with Crippen molar-refractivity contribution in [1.29, 1.82) is 0 Å². The molecular weight excluding hydrogens is 338 g/mol. The average Bonchev–Trinajstić information content (AvgIpc) is 2.46. The van der Waals surface area contributed by atoms with E-state index in [2.05, 4.69) is 5.32 Å². The van der Waals surface area contributed by atoms with Crippen molar-refractivity contribution in [3.8, 4) is 0 Å². The zero-order valence-corrected chi connectivity index (χ0v) is 14.0. The van der Waals surface area contributed by atoms with E-state index in [0.717, 1.165) is 6.26 Å². The maximum Gasteiger partial charge on any atom is 0.257 e. The highest BCUT2D eigenvalue weighted by molar-refractivity contribution is 7.90. The van der Waals surface area contributed by atoms with Gasteiger partial charge in [-0.3, -0.25) is 9.59 Å². The molecule has 0 saturated heterocycles. The Bertz CT molecular complexity index is 891. The quantitative estimate of drug-likeness (QED) is 0.858. The van der Waals surface area contributed by atoms with Crippen LogP contribution in [-0.2, 0) is 9.84 Å². The first kappa shape index (κ1) is 17.2. The molecule has 1 N–H and O–H groups in total. The number of anilines is 1. The van der Waals surface area contributed by atoms with E-state index in [4.69, 9.17) is 11.6 Å². The van der Waals surface area contributed by atoms with Crippen molar-refractivity contribution >= 4 is 38.8 Å². The Hall–Kier alpha value is -2.18. The zero-order valence-electron chi connectivity index (χ0n) is 12.5. The molecule has 0 aliphatic rings. The fourth-order valence-corrected chi connectivity index (χ4v) is 2.90. The Balaban J connectivity index is 2.28. The molecule has 0 heterocycles. The van der Waals surface area contributed by atoms with Gasteiger partial charge in [-0.1, -0.05) is 23.7 Å². The number of sulfone groups is 1. The minimum atomic E-state index is -3.40. The first-order valence-electron chi connectivity index (χ1n) is 6.60. The fraction of sp³-hybridized carbons (Fsp3) is 0.125. The zero-order chi connectivity index (χ0) is 17.2. The van der Waals surface area contributed by atoms with Gasteiger partial charge in [-0.05, 0) is 37.3 Å². The largest absolute Gasteiger partial charge is 0.322 e. The third-order valence-corrected chi connectivity index (χ3v) is 4.56. The summed E-state index contributed by atoms with van der Waals surface area (Å²) in [5, 5.41) is 2.66. The Morgan fingerprint density at radius 1 is 1.09 bits per heavy atom. The summed E-state index contributed by atoms with van der Waals surface area (Å²) in [6, 6.07) is 10.4. The van der Waals surface area contributed by atoms with Gasteiger partial charge in [0, 0.05) is 17.5 Å². The lowest BCUT2D eigenvalue weighted by Crippen LogP contribution is -2.13. The van der Waals surface area contributed by atoms with Gasteiger partial charge in [0.2, 0.25) is 0 Å². The summed E-state index contributed by atoms with van der Waals surface area (Å²) in [4.78, 5) is 23.6. The van der Waals surface area contributed by atoms with E-state index >= 15 is 0 Å². The van der Waals surface area contributed by atoms with Gasteiger partial charge in [-0.15, -0.1) is 0 Å². The molecule has 0 fully saturated rings. The minimum absolute atomic E-state index is 0.0353. The fourth-order valence-electron chi connectivity index (χ4n) is 1.92. The van der Waals surface area contributed by atoms with Crippen LogP contribution in [0.25, 0.3) is 0 Å². The molecule has 0 aliphatic carbocycles. The van der Waals surface area contributed by atoms with Gasteiger partial charge in [-0.2, -0.15) is 0 Å². The molecule has 23 heavy (non-hydrogen) atoms. The van der Waals surface area contributed by atoms with E-state index < -0.39 is 15.7 Å². The van der Waals surface area contributed by atoms with Crippen LogP contribution in [0.15, 0.2) is 47.4 Å². The van der Waals surface area contributed by atoms with E-state index in [9.17, 15) is 18.0 Å². The summed E-state index contributed by atoms with van der Waals surface area (Å²) in [5.74, 6) is -0.604. The number of carbonyl (C=O) groups is 2. The van der Waals surface area contributed by atoms with E-state index in [-0.39, 0.29) is 21.3 Å². The summed E-state index contributed by atoms with van der Waals surface area (Å²) in [6.07, 6.45) is 1.06. The summed E-state index contributed by atoms with van der Waals surface area (Å²) >= 11 is 6.00. The number of nitrogens with one attached hydrogen (secondary N) is 1. The number of halogens is 1. The van der Waals surface area contributed by atoms with Crippen LogP contribution in [0.4, 0.5) is 5.69 Å². The number of hydrogen-bond donors (Lipinski definition) is 1. The molecule has 7 heteroatoms. The Labute approximate surface area is 139 Å². The first-order valence-corrected chi connectivity index (χ1v) is 8.87. The molecule has 0 aliphatic heterocycles. The van der Waals surface area contributed by atoms with Gasteiger partial charge in [-0.25, -0.2) is 8.42 Å². The van der Waals surface area contributed by atoms with E-state index in [1.165, 1.54) is 25.1 Å². The Kier molecular flexibility index (Phi) is 4.87. The smallest absolute Gasteiger partial charge is 0.257 e.